The molecule has 0 radical (unpaired) electrons. The highest BCUT2D eigenvalue weighted by atomic mass is 79.9. The number of aromatic hydroxyl groups is 2. The van der Waals surface area contributed by atoms with Gasteiger partial charge in [0.25, 0.3) is 0 Å². The number of nitrogens with zero attached hydrogens (tertiary/aromatic N) is 2. The van der Waals surface area contributed by atoms with Crippen LogP contribution in [-0.2, 0) is 19.5 Å². The maximum atomic E-state index is 10.2. The van der Waals surface area contributed by atoms with E-state index < -0.39 is 0 Å². The van der Waals surface area contributed by atoms with Crippen LogP contribution in [0.3, 0.4) is 0 Å². The van der Waals surface area contributed by atoms with Crippen molar-refractivity contribution >= 4 is 27.5 Å². The van der Waals surface area contributed by atoms with Crippen molar-refractivity contribution in [3.05, 3.63) is 51.0 Å². The van der Waals surface area contributed by atoms with E-state index in [9.17, 15) is 10.2 Å². The molecular weight excluding hydrogens is 412 g/mol. The van der Waals surface area contributed by atoms with Gasteiger partial charge in [0.05, 0.1) is 22.8 Å². The summed E-state index contributed by atoms with van der Waals surface area (Å²) in [4.78, 5) is 2.22. The monoisotopic (exact) mass is 424 g/mol. The lowest BCUT2D eigenvalue weighted by Crippen LogP contribution is -2.29. The van der Waals surface area contributed by atoms with Gasteiger partial charge in [-0.2, -0.15) is 0 Å². The second-order valence-electron chi connectivity index (χ2n) is 5.92. The minimum absolute atomic E-state index is 0.104. The number of phenols is 2. The summed E-state index contributed by atoms with van der Waals surface area (Å²) in [6, 6.07) is 6.48. The molecule has 0 atom stereocenters. The van der Waals surface area contributed by atoms with E-state index in [4.69, 9.17) is 20.5 Å². The Hall–Kier alpha value is -1.96. The van der Waals surface area contributed by atoms with Crippen LogP contribution >= 0.6 is 27.5 Å². The first kappa shape index (κ1) is 16.5. The normalized spacial score (nSPS) is 14.6. The Labute approximate surface area is 156 Å². The fraction of sp³-hybridized carbons (Fsp3) is 0.235. The van der Waals surface area contributed by atoms with Gasteiger partial charge in [0.1, 0.15) is 17.3 Å². The zero-order valence-corrected chi connectivity index (χ0v) is 15.3. The Kier molecular flexibility index (Phi) is 4.23. The van der Waals surface area contributed by atoms with Crippen molar-refractivity contribution in [1.29, 1.82) is 0 Å². The standard InChI is InChI=1S/C17H14BrClN2O4/c18-16-2-1-9(24-16)7-21-4-3-13-11(8-21)17(25-20-13)10-5-12(19)15(23)6-14(10)22/h1-2,5-6,22-23H,3-4,7-8H2. The second-order valence-corrected chi connectivity index (χ2v) is 7.11. The van der Waals surface area contributed by atoms with E-state index in [1.165, 1.54) is 12.1 Å². The van der Waals surface area contributed by atoms with Crippen LogP contribution in [0.1, 0.15) is 17.0 Å². The van der Waals surface area contributed by atoms with Crippen LogP contribution in [0.4, 0.5) is 0 Å². The van der Waals surface area contributed by atoms with Gasteiger partial charge in [-0.25, -0.2) is 0 Å². The summed E-state index contributed by atoms with van der Waals surface area (Å²) < 4.78 is 11.7. The molecule has 0 aliphatic carbocycles. The fourth-order valence-electron chi connectivity index (χ4n) is 3.00. The predicted molar refractivity (Wildman–Crippen MR) is 94.5 cm³/mol. The molecule has 1 aliphatic rings. The minimum atomic E-state index is -0.179. The van der Waals surface area contributed by atoms with E-state index in [0.717, 1.165) is 30.0 Å². The third-order valence-corrected chi connectivity index (χ3v) is 4.96. The number of phenolic OH excluding ortho intramolecular Hbond substituents is 2. The smallest absolute Gasteiger partial charge is 0.175 e. The van der Waals surface area contributed by atoms with E-state index in [-0.39, 0.29) is 16.5 Å². The maximum Gasteiger partial charge on any atom is 0.175 e. The van der Waals surface area contributed by atoms with Crippen molar-refractivity contribution in [2.75, 3.05) is 6.54 Å². The van der Waals surface area contributed by atoms with E-state index in [1.54, 1.807) is 0 Å². The number of aromatic nitrogens is 1. The number of hydrogen-bond acceptors (Lipinski definition) is 6. The van der Waals surface area contributed by atoms with Gasteiger partial charge < -0.3 is 19.2 Å². The van der Waals surface area contributed by atoms with E-state index in [0.29, 0.717) is 29.1 Å². The number of benzene rings is 1. The van der Waals surface area contributed by atoms with E-state index in [2.05, 4.69) is 26.0 Å². The first-order valence-corrected chi connectivity index (χ1v) is 8.84. The molecule has 6 nitrogen and oxygen atoms in total. The third-order valence-electron chi connectivity index (χ3n) is 4.23. The molecule has 0 saturated carbocycles. The highest BCUT2D eigenvalue weighted by Gasteiger charge is 2.27. The van der Waals surface area contributed by atoms with Crippen LogP contribution in [0.25, 0.3) is 11.3 Å². The largest absolute Gasteiger partial charge is 0.507 e. The summed E-state index contributed by atoms with van der Waals surface area (Å²) >= 11 is 9.28. The molecule has 0 fully saturated rings. The van der Waals surface area contributed by atoms with Crippen molar-refractivity contribution in [3.63, 3.8) is 0 Å². The molecule has 0 bridgehead atoms. The SMILES string of the molecule is Oc1cc(O)c(-c2onc3c2CN(Cc2ccc(Br)o2)CC3)cc1Cl. The Morgan fingerprint density at radius 2 is 2.08 bits per heavy atom. The van der Waals surface area contributed by atoms with Gasteiger partial charge in [0, 0.05) is 31.1 Å². The van der Waals surface area contributed by atoms with Crippen molar-refractivity contribution < 1.29 is 19.2 Å². The molecule has 0 spiro atoms. The van der Waals surface area contributed by atoms with Crippen LogP contribution in [0.5, 0.6) is 11.5 Å². The lowest BCUT2D eigenvalue weighted by molar-refractivity contribution is 0.224. The highest BCUT2D eigenvalue weighted by Crippen LogP contribution is 2.40. The van der Waals surface area contributed by atoms with Crippen molar-refractivity contribution in [1.82, 2.24) is 10.1 Å². The summed E-state index contributed by atoms with van der Waals surface area (Å²) in [6.45, 7) is 2.11. The van der Waals surface area contributed by atoms with Gasteiger partial charge in [0.15, 0.2) is 10.4 Å². The Bertz CT molecular complexity index is 937. The molecule has 0 saturated heterocycles. The summed E-state index contributed by atoms with van der Waals surface area (Å²) in [5.74, 6) is 1.05. The number of furan rings is 1. The fourth-order valence-corrected chi connectivity index (χ4v) is 3.51. The molecule has 2 N–H and O–H groups in total. The molecule has 8 heteroatoms. The maximum absolute atomic E-state index is 10.2. The van der Waals surface area contributed by atoms with Crippen molar-refractivity contribution in [3.8, 4) is 22.8 Å². The Morgan fingerprint density at radius 1 is 1.24 bits per heavy atom. The second kappa shape index (κ2) is 6.40. The molecule has 1 aliphatic heterocycles. The first-order valence-electron chi connectivity index (χ1n) is 7.67. The number of hydrogen-bond donors (Lipinski definition) is 2. The van der Waals surface area contributed by atoms with Crippen LogP contribution in [0, 0.1) is 0 Å². The van der Waals surface area contributed by atoms with Gasteiger partial charge in [-0.05, 0) is 34.1 Å². The summed E-state index contributed by atoms with van der Waals surface area (Å²) in [5.41, 5.74) is 2.20. The first-order chi connectivity index (χ1) is 12.0. The van der Waals surface area contributed by atoms with E-state index >= 15 is 0 Å². The van der Waals surface area contributed by atoms with Crippen molar-refractivity contribution in [2.24, 2.45) is 0 Å². The Balaban J connectivity index is 1.64. The third kappa shape index (κ3) is 3.15. The number of halogens is 2. The topological polar surface area (TPSA) is 82.9 Å². The summed E-state index contributed by atoms with van der Waals surface area (Å²) in [7, 11) is 0. The summed E-state index contributed by atoms with van der Waals surface area (Å²) in [6.07, 6.45) is 0.743. The molecular formula is C17H14BrClN2O4. The van der Waals surface area contributed by atoms with Crippen LogP contribution in [-0.4, -0.2) is 26.8 Å². The number of fused-ring (bicyclic) bond motifs is 1. The molecule has 1 aromatic carbocycles. The van der Waals surface area contributed by atoms with Gasteiger partial charge in [0.2, 0.25) is 0 Å². The lowest BCUT2D eigenvalue weighted by atomic mass is 10.0. The molecule has 25 heavy (non-hydrogen) atoms. The minimum Gasteiger partial charge on any atom is -0.507 e. The van der Waals surface area contributed by atoms with Crippen molar-refractivity contribution in [2.45, 2.75) is 19.5 Å². The van der Waals surface area contributed by atoms with Gasteiger partial charge in [-0.3, -0.25) is 4.90 Å². The van der Waals surface area contributed by atoms with Gasteiger partial charge >= 0.3 is 0 Å². The Morgan fingerprint density at radius 3 is 2.84 bits per heavy atom. The highest BCUT2D eigenvalue weighted by molar-refractivity contribution is 9.10. The van der Waals surface area contributed by atoms with Crippen LogP contribution < -0.4 is 0 Å². The summed E-state index contributed by atoms with van der Waals surface area (Å²) in [5, 5.41) is 24.0. The average molecular weight is 426 g/mol. The number of rotatable bonds is 3. The van der Waals surface area contributed by atoms with Gasteiger partial charge in [-0.15, -0.1) is 0 Å². The molecule has 0 unspecified atom stereocenters. The lowest BCUT2D eigenvalue weighted by Gasteiger charge is -2.25. The predicted octanol–water partition coefficient (Wildman–Crippen LogP) is 4.32. The molecule has 3 heterocycles. The molecule has 0 amide bonds. The van der Waals surface area contributed by atoms with Crippen LogP contribution in [0.2, 0.25) is 5.02 Å². The molecule has 3 aromatic rings. The quantitative estimate of drug-likeness (QED) is 0.650. The average Bonchev–Trinajstić information content (AvgIpc) is 3.17. The van der Waals surface area contributed by atoms with Gasteiger partial charge in [-0.1, -0.05) is 16.8 Å². The molecule has 130 valence electrons. The molecule has 4 rings (SSSR count). The van der Waals surface area contributed by atoms with E-state index in [1.807, 2.05) is 12.1 Å². The molecule has 2 aromatic heterocycles. The zero-order chi connectivity index (χ0) is 17.6. The van der Waals surface area contributed by atoms with Crippen LogP contribution in [0.15, 0.2) is 37.9 Å². The zero-order valence-electron chi connectivity index (χ0n) is 13.0.